The number of sulfonamides is 1. The summed E-state index contributed by atoms with van der Waals surface area (Å²) in [6, 6.07) is 17.8. The van der Waals surface area contributed by atoms with Crippen molar-refractivity contribution < 1.29 is 22.0 Å². The Kier molecular flexibility index (Phi) is 5.93. The van der Waals surface area contributed by atoms with Crippen molar-refractivity contribution in [1.82, 2.24) is 0 Å². The molecule has 0 unspecified atom stereocenters. The molecule has 1 amide bonds. The van der Waals surface area contributed by atoms with E-state index in [1.54, 1.807) is 42.5 Å². The monoisotopic (exact) mass is 416 g/mol. The predicted molar refractivity (Wildman–Crippen MR) is 108 cm³/mol. The van der Waals surface area contributed by atoms with Crippen LogP contribution in [-0.4, -0.2) is 20.6 Å². The number of carbonyl (C=O) groups is 1. The van der Waals surface area contributed by atoms with Crippen molar-refractivity contribution in [3.05, 3.63) is 95.6 Å². The SMILES string of the molecule is CS(=O)(=O)N(Cc1ccc(C(=O)Nc2ccc(F)cc2F)cc1)c1ccccc1. The third kappa shape index (κ3) is 5.17. The first-order valence-corrected chi connectivity index (χ1v) is 10.5. The first-order valence-electron chi connectivity index (χ1n) is 8.62. The molecule has 0 aliphatic heterocycles. The fraction of sp³-hybridized carbons (Fsp3) is 0.0952. The summed E-state index contributed by atoms with van der Waals surface area (Å²) in [6.07, 6.45) is 1.12. The van der Waals surface area contributed by atoms with E-state index in [0.717, 1.165) is 18.4 Å². The second kappa shape index (κ2) is 8.40. The molecule has 0 spiro atoms. The van der Waals surface area contributed by atoms with Crippen molar-refractivity contribution in [2.24, 2.45) is 0 Å². The number of anilines is 2. The lowest BCUT2D eigenvalue weighted by molar-refractivity contribution is 0.102. The fourth-order valence-electron chi connectivity index (χ4n) is 2.71. The molecular weight excluding hydrogens is 398 g/mol. The number of hydrogen-bond acceptors (Lipinski definition) is 3. The molecule has 0 saturated heterocycles. The number of carbonyl (C=O) groups excluding carboxylic acids is 1. The lowest BCUT2D eigenvalue weighted by Gasteiger charge is -2.22. The average molecular weight is 416 g/mol. The summed E-state index contributed by atoms with van der Waals surface area (Å²) in [4.78, 5) is 12.3. The van der Waals surface area contributed by atoms with E-state index in [0.29, 0.717) is 17.3 Å². The Morgan fingerprint density at radius 3 is 2.21 bits per heavy atom. The average Bonchev–Trinajstić information content (AvgIpc) is 2.68. The Labute approximate surface area is 167 Å². The van der Waals surface area contributed by atoms with Gasteiger partial charge in [-0.2, -0.15) is 0 Å². The molecule has 0 aromatic heterocycles. The van der Waals surface area contributed by atoms with Crippen LogP contribution in [0, 0.1) is 11.6 Å². The second-order valence-corrected chi connectivity index (χ2v) is 8.29. The first kappa shape index (κ1) is 20.5. The van der Waals surface area contributed by atoms with Crippen molar-refractivity contribution in [3.63, 3.8) is 0 Å². The highest BCUT2D eigenvalue weighted by Crippen LogP contribution is 2.21. The Balaban J connectivity index is 1.76. The van der Waals surface area contributed by atoms with E-state index in [1.165, 1.54) is 16.4 Å². The zero-order valence-corrected chi connectivity index (χ0v) is 16.3. The highest BCUT2D eigenvalue weighted by molar-refractivity contribution is 7.92. The second-order valence-electron chi connectivity index (χ2n) is 6.38. The molecule has 0 aliphatic rings. The lowest BCUT2D eigenvalue weighted by atomic mass is 10.1. The molecular formula is C21H18F2N2O3S. The summed E-state index contributed by atoms with van der Waals surface area (Å²) < 4.78 is 52.3. The summed E-state index contributed by atoms with van der Waals surface area (Å²) in [7, 11) is -3.51. The highest BCUT2D eigenvalue weighted by atomic mass is 32.2. The maximum atomic E-state index is 13.7. The number of para-hydroxylation sites is 1. The van der Waals surface area contributed by atoms with E-state index in [4.69, 9.17) is 0 Å². The van der Waals surface area contributed by atoms with Crippen LogP contribution in [0.5, 0.6) is 0 Å². The molecule has 0 radical (unpaired) electrons. The number of nitrogens with zero attached hydrogens (tertiary/aromatic N) is 1. The molecule has 29 heavy (non-hydrogen) atoms. The van der Waals surface area contributed by atoms with Crippen LogP contribution in [0.3, 0.4) is 0 Å². The Bertz CT molecular complexity index is 1120. The van der Waals surface area contributed by atoms with E-state index < -0.39 is 27.6 Å². The maximum absolute atomic E-state index is 13.7. The van der Waals surface area contributed by atoms with Gasteiger partial charge in [0.05, 0.1) is 24.2 Å². The van der Waals surface area contributed by atoms with Crippen LogP contribution in [0.1, 0.15) is 15.9 Å². The minimum absolute atomic E-state index is 0.0946. The normalized spacial score (nSPS) is 11.1. The molecule has 8 heteroatoms. The van der Waals surface area contributed by atoms with E-state index in [1.807, 2.05) is 0 Å². The third-order valence-corrected chi connectivity index (χ3v) is 5.31. The molecule has 150 valence electrons. The van der Waals surface area contributed by atoms with Crippen molar-refractivity contribution in [1.29, 1.82) is 0 Å². The summed E-state index contributed by atoms with van der Waals surface area (Å²) in [5.41, 5.74) is 1.32. The minimum Gasteiger partial charge on any atom is -0.319 e. The van der Waals surface area contributed by atoms with E-state index >= 15 is 0 Å². The van der Waals surface area contributed by atoms with Crippen molar-refractivity contribution in [2.45, 2.75) is 6.54 Å². The van der Waals surface area contributed by atoms with Crippen molar-refractivity contribution >= 4 is 27.3 Å². The van der Waals surface area contributed by atoms with Crippen LogP contribution in [0.15, 0.2) is 72.8 Å². The van der Waals surface area contributed by atoms with Crippen molar-refractivity contribution in [2.75, 3.05) is 15.9 Å². The van der Waals surface area contributed by atoms with Gasteiger partial charge in [0.2, 0.25) is 10.0 Å². The zero-order chi connectivity index (χ0) is 21.0. The molecule has 0 saturated carbocycles. The highest BCUT2D eigenvalue weighted by Gasteiger charge is 2.18. The van der Waals surface area contributed by atoms with Crippen LogP contribution in [0.25, 0.3) is 0 Å². The molecule has 3 aromatic carbocycles. The van der Waals surface area contributed by atoms with Crippen molar-refractivity contribution in [3.8, 4) is 0 Å². The minimum atomic E-state index is -3.51. The van der Waals surface area contributed by atoms with E-state index in [-0.39, 0.29) is 17.8 Å². The molecule has 3 rings (SSSR count). The van der Waals surface area contributed by atoms with Gasteiger partial charge in [-0.15, -0.1) is 0 Å². The number of benzene rings is 3. The Hall–Kier alpha value is -3.26. The molecule has 0 atom stereocenters. The van der Waals surface area contributed by atoms with Crippen LogP contribution in [0.2, 0.25) is 0 Å². The van der Waals surface area contributed by atoms with Gasteiger partial charge in [-0.25, -0.2) is 17.2 Å². The molecule has 0 fully saturated rings. The van der Waals surface area contributed by atoms with Gasteiger partial charge < -0.3 is 5.32 Å². The summed E-state index contributed by atoms with van der Waals surface area (Å²) in [5.74, 6) is -2.18. The smallest absolute Gasteiger partial charge is 0.255 e. The summed E-state index contributed by atoms with van der Waals surface area (Å²) in [5, 5.41) is 2.38. The number of amides is 1. The number of nitrogens with one attached hydrogen (secondary N) is 1. The van der Waals surface area contributed by atoms with Gasteiger partial charge in [0.15, 0.2) is 0 Å². The molecule has 5 nitrogen and oxygen atoms in total. The summed E-state index contributed by atoms with van der Waals surface area (Å²) >= 11 is 0. The molecule has 3 aromatic rings. The topological polar surface area (TPSA) is 66.5 Å². The van der Waals surface area contributed by atoms with Crippen LogP contribution < -0.4 is 9.62 Å². The quantitative estimate of drug-likeness (QED) is 0.656. The lowest BCUT2D eigenvalue weighted by Crippen LogP contribution is -2.29. The Morgan fingerprint density at radius 2 is 1.62 bits per heavy atom. The van der Waals surface area contributed by atoms with Gasteiger partial charge in [0, 0.05) is 11.6 Å². The zero-order valence-electron chi connectivity index (χ0n) is 15.5. The number of halogens is 2. The first-order chi connectivity index (χ1) is 13.7. The van der Waals surface area contributed by atoms with Gasteiger partial charge in [0.25, 0.3) is 5.91 Å². The van der Waals surface area contributed by atoms with E-state index in [2.05, 4.69) is 5.32 Å². The van der Waals surface area contributed by atoms with Gasteiger partial charge in [-0.3, -0.25) is 9.10 Å². The standard InChI is InChI=1S/C21H18F2N2O3S/c1-29(27,28)25(18-5-3-2-4-6-18)14-15-7-9-16(10-8-15)21(26)24-20-12-11-17(22)13-19(20)23/h2-13H,14H2,1H3,(H,24,26). The Morgan fingerprint density at radius 1 is 0.966 bits per heavy atom. The van der Waals surface area contributed by atoms with Gasteiger partial charge in [-0.1, -0.05) is 30.3 Å². The molecule has 0 bridgehead atoms. The summed E-state index contributed by atoms with van der Waals surface area (Å²) in [6.45, 7) is 0.0946. The van der Waals surface area contributed by atoms with E-state index in [9.17, 15) is 22.0 Å². The van der Waals surface area contributed by atoms with Crippen LogP contribution in [0.4, 0.5) is 20.2 Å². The van der Waals surface area contributed by atoms with Gasteiger partial charge >= 0.3 is 0 Å². The van der Waals surface area contributed by atoms with Crippen LogP contribution >= 0.6 is 0 Å². The fourth-order valence-corrected chi connectivity index (χ4v) is 3.60. The molecule has 1 N–H and O–H groups in total. The van der Waals surface area contributed by atoms with Gasteiger partial charge in [0.1, 0.15) is 11.6 Å². The predicted octanol–water partition coefficient (Wildman–Crippen LogP) is 4.18. The maximum Gasteiger partial charge on any atom is 0.255 e. The van der Waals surface area contributed by atoms with Crippen LogP contribution in [-0.2, 0) is 16.6 Å². The largest absolute Gasteiger partial charge is 0.319 e. The third-order valence-electron chi connectivity index (χ3n) is 4.17. The molecule has 0 heterocycles. The van der Waals surface area contributed by atoms with Gasteiger partial charge in [-0.05, 0) is 42.0 Å². The number of hydrogen-bond donors (Lipinski definition) is 1. The number of rotatable bonds is 6. The molecule has 0 aliphatic carbocycles.